The maximum Gasteiger partial charge on any atom is 0.262 e. The highest BCUT2D eigenvalue weighted by Crippen LogP contribution is 2.55. The van der Waals surface area contributed by atoms with Gasteiger partial charge >= 0.3 is 0 Å². The van der Waals surface area contributed by atoms with Gasteiger partial charge in [-0.05, 0) is 17.5 Å². The molecule has 7 N–H and O–H groups in total. The number of aliphatic hydroxyl groups is 4. The Balaban J connectivity index is 1.75. The zero-order chi connectivity index (χ0) is 24.0. The smallest absolute Gasteiger partial charge is 0.262 e. The third-order valence-corrected chi connectivity index (χ3v) is 7.10. The van der Waals surface area contributed by atoms with Gasteiger partial charge in [0.1, 0.15) is 17.1 Å². The zero-order valence-corrected chi connectivity index (χ0v) is 17.3. The molecule has 0 bridgehead atoms. The van der Waals surface area contributed by atoms with E-state index in [9.17, 15) is 39.6 Å². The second-order valence-corrected chi connectivity index (χ2v) is 8.73. The van der Waals surface area contributed by atoms with E-state index < -0.39 is 81.9 Å². The van der Waals surface area contributed by atoms with Crippen LogP contribution in [0.2, 0.25) is 0 Å². The number of ketones is 2. The number of anilines is 1. The van der Waals surface area contributed by atoms with Gasteiger partial charge in [-0.1, -0.05) is 13.0 Å². The summed E-state index contributed by atoms with van der Waals surface area (Å²) in [7, 11) is 0. The van der Waals surface area contributed by atoms with Crippen molar-refractivity contribution in [2.75, 3.05) is 11.9 Å². The molecule has 4 aliphatic rings. The van der Waals surface area contributed by atoms with E-state index in [1.807, 2.05) is 0 Å². The second kappa shape index (κ2) is 6.65. The van der Waals surface area contributed by atoms with Crippen LogP contribution in [0.3, 0.4) is 0 Å². The van der Waals surface area contributed by atoms with Gasteiger partial charge in [0.25, 0.3) is 11.8 Å². The summed E-state index contributed by atoms with van der Waals surface area (Å²) < 4.78 is 5.48. The predicted octanol–water partition coefficient (Wildman–Crippen LogP) is -0.262. The minimum atomic E-state index is -2.83. The Morgan fingerprint density at radius 1 is 1.24 bits per heavy atom. The van der Waals surface area contributed by atoms with E-state index in [1.54, 1.807) is 19.1 Å². The highest BCUT2D eigenvalue weighted by atomic mass is 16.5. The first-order chi connectivity index (χ1) is 15.5. The molecule has 0 saturated heterocycles. The zero-order valence-electron chi connectivity index (χ0n) is 17.3. The van der Waals surface area contributed by atoms with Gasteiger partial charge in [-0.25, -0.2) is 0 Å². The summed E-state index contributed by atoms with van der Waals surface area (Å²) in [5, 5.41) is 46.4. The molecule has 0 spiro atoms. The monoisotopic (exact) mass is 456 g/mol. The first-order valence-electron chi connectivity index (χ1n) is 10.2. The molecule has 2 amide bonds. The summed E-state index contributed by atoms with van der Waals surface area (Å²) in [6, 6.07) is 3.16. The largest absolute Gasteiger partial charge is 0.511 e. The molecule has 1 heterocycles. The molecule has 33 heavy (non-hydrogen) atoms. The molecular weight excluding hydrogens is 436 g/mol. The summed E-state index contributed by atoms with van der Waals surface area (Å²) in [4.78, 5) is 50.0. The lowest BCUT2D eigenvalue weighted by Crippen LogP contribution is -2.62. The number of nitrogens with two attached hydrogens (primary N) is 1. The lowest BCUT2D eigenvalue weighted by Gasteiger charge is -2.50. The Morgan fingerprint density at radius 3 is 2.61 bits per heavy atom. The molecule has 0 fully saturated rings. The maximum absolute atomic E-state index is 13.6. The number of Topliss-reactive ketones (excluding diaryl/α,β-unsaturated/α-hetero) is 2. The first kappa shape index (κ1) is 21.2. The standard InChI is InChI=1S/C22H20N2O9/c1-6-7-2-3-9-18(33-5-11(26)24-9)13(7)17(28)15-12(6)16(27)8-4-10(25)14(21(23)31)19(29)22(8,32)20(15)30/h2-3,6,8,12,16,25,27,30,32H,4-5H2,1H3,(H2,23,31)(H,24,26)/t6-,8?,12?,16+,22+/m0/s1. The van der Waals surface area contributed by atoms with E-state index in [1.165, 1.54) is 0 Å². The number of aliphatic hydroxyl groups excluding tert-OH is 3. The first-order valence-corrected chi connectivity index (χ1v) is 10.2. The minimum Gasteiger partial charge on any atom is -0.511 e. The van der Waals surface area contributed by atoms with Gasteiger partial charge in [-0.2, -0.15) is 0 Å². The van der Waals surface area contributed by atoms with Crippen molar-refractivity contribution >= 4 is 29.1 Å². The highest BCUT2D eigenvalue weighted by molar-refractivity contribution is 6.24. The van der Waals surface area contributed by atoms with Crippen molar-refractivity contribution in [1.82, 2.24) is 0 Å². The van der Waals surface area contributed by atoms with Crippen LogP contribution >= 0.6 is 0 Å². The topological polar surface area (TPSA) is 196 Å². The molecule has 0 aromatic heterocycles. The van der Waals surface area contributed by atoms with Crippen molar-refractivity contribution in [2.24, 2.45) is 17.6 Å². The van der Waals surface area contributed by atoms with E-state index in [0.29, 0.717) is 5.56 Å². The molecule has 0 radical (unpaired) electrons. The van der Waals surface area contributed by atoms with Crippen molar-refractivity contribution in [1.29, 1.82) is 0 Å². The normalized spacial score (nSPS) is 32.9. The molecule has 5 atom stereocenters. The number of carbonyl (C=O) groups excluding carboxylic acids is 4. The van der Waals surface area contributed by atoms with Crippen molar-refractivity contribution in [3.63, 3.8) is 0 Å². The average Bonchev–Trinajstić information content (AvgIpc) is 2.75. The number of nitrogens with one attached hydrogen (secondary N) is 1. The van der Waals surface area contributed by atoms with Crippen LogP contribution in [0.4, 0.5) is 5.69 Å². The number of rotatable bonds is 1. The number of amides is 2. The molecule has 3 aliphatic carbocycles. The van der Waals surface area contributed by atoms with Crippen LogP contribution in [0, 0.1) is 11.8 Å². The number of benzene rings is 1. The van der Waals surface area contributed by atoms with Crippen LogP contribution in [0.5, 0.6) is 5.75 Å². The Kier molecular flexibility index (Phi) is 4.27. The van der Waals surface area contributed by atoms with Crippen LogP contribution in [0.25, 0.3) is 0 Å². The maximum atomic E-state index is 13.6. The van der Waals surface area contributed by atoms with E-state index in [-0.39, 0.29) is 23.6 Å². The molecule has 5 rings (SSSR count). The molecule has 172 valence electrons. The van der Waals surface area contributed by atoms with Gasteiger partial charge < -0.3 is 36.2 Å². The number of hydrogen-bond acceptors (Lipinski definition) is 9. The van der Waals surface area contributed by atoms with Gasteiger partial charge in [0.15, 0.2) is 23.7 Å². The van der Waals surface area contributed by atoms with Crippen LogP contribution in [0.1, 0.15) is 35.2 Å². The van der Waals surface area contributed by atoms with E-state index in [4.69, 9.17) is 10.5 Å². The van der Waals surface area contributed by atoms with Crippen molar-refractivity contribution in [3.8, 4) is 5.75 Å². The van der Waals surface area contributed by atoms with Crippen LogP contribution in [-0.2, 0) is 14.4 Å². The van der Waals surface area contributed by atoms with Crippen molar-refractivity contribution in [2.45, 2.75) is 31.0 Å². The number of ether oxygens (including phenoxy) is 1. The Labute approximate surface area is 186 Å². The van der Waals surface area contributed by atoms with Gasteiger partial charge in [-0.15, -0.1) is 0 Å². The Hall–Kier alpha value is -3.70. The molecule has 1 aliphatic heterocycles. The third-order valence-electron chi connectivity index (χ3n) is 7.10. The fraction of sp³-hybridized carbons (Fsp3) is 0.364. The molecule has 2 unspecified atom stereocenters. The average molecular weight is 456 g/mol. The Morgan fingerprint density at radius 2 is 1.94 bits per heavy atom. The predicted molar refractivity (Wildman–Crippen MR) is 109 cm³/mol. The summed E-state index contributed by atoms with van der Waals surface area (Å²) in [6.45, 7) is 1.36. The minimum absolute atomic E-state index is 0.0313. The highest BCUT2D eigenvalue weighted by Gasteiger charge is 2.64. The van der Waals surface area contributed by atoms with Gasteiger partial charge in [-0.3, -0.25) is 19.2 Å². The summed E-state index contributed by atoms with van der Waals surface area (Å²) >= 11 is 0. The second-order valence-electron chi connectivity index (χ2n) is 8.73. The van der Waals surface area contributed by atoms with E-state index in [0.717, 1.165) is 0 Å². The number of primary amides is 1. The molecule has 1 aromatic rings. The van der Waals surface area contributed by atoms with Crippen molar-refractivity contribution in [3.05, 3.63) is 45.9 Å². The van der Waals surface area contributed by atoms with E-state index in [2.05, 4.69) is 5.32 Å². The number of allylic oxidation sites excluding steroid dienone is 1. The lowest BCUT2D eigenvalue weighted by molar-refractivity contribution is -0.154. The molecule has 0 saturated carbocycles. The van der Waals surface area contributed by atoms with Crippen molar-refractivity contribution < 1.29 is 44.3 Å². The quantitative estimate of drug-likeness (QED) is 0.308. The summed E-state index contributed by atoms with van der Waals surface area (Å²) in [5.74, 6) is -8.57. The van der Waals surface area contributed by atoms with Crippen LogP contribution in [-0.4, -0.2) is 62.1 Å². The lowest BCUT2D eigenvalue weighted by atomic mass is 9.56. The fourth-order valence-electron chi connectivity index (χ4n) is 5.55. The molecular formula is C22H20N2O9. The molecule has 11 nitrogen and oxygen atoms in total. The number of fused-ring (bicyclic) bond motifs is 5. The van der Waals surface area contributed by atoms with Gasteiger partial charge in [0.05, 0.1) is 17.4 Å². The van der Waals surface area contributed by atoms with Crippen LogP contribution in [0.15, 0.2) is 34.8 Å². The van der Waals surface area contributed by atoms with E-state index >= 15 is 0 Å². The summed E-state index contributed by atoms with van der Waals surface area (Å²) in [5.41, 5.74) is 1.81. The summed E-state index contributed by atoms with van der Waals surface area (Å²) in [6.07, 6.45) is -2.05. The number of hydrogen-bond donors (Lipinski definition) is 6. The van der Waals surface area contributed by atoms with Gasteiger partial charge in [0.2, 0.25) is 5.78 Å². The fourth-order valence-corrected chi connectivity index (χ4v) is 5.55. The SMILES string of the molecule is C[C@H]1c2ccc3c(c2C(=O)C2=C(O)[C@]4(O)C(=O)C(C(N)=O)=C(O)CC4[C@@H](O)C21)OCC(=O)N3. The molecule has 11 heteroatoms. The Bertz CT molecular complexity index is 1250. The molecule has 1 aromatic carbocycles. The van der Waals surface area contributed by atoms with Crippen LogP contribution < -0.4 is 15.8 Å². The number of carbonyl (C=O) groups is 4. The van der Waals surface area contributed by atoms with Gasteiger partial charge in [0, 0.05) is 23.8 Å². The third kappa shape index (κ3) is 2.51.